The van der Waals surface area contributed by atoms with E-state index in [-0.39, 0.29) is 53.2 Å². The second-order valence-electron chi connectivity index (χ2n) is 11.7. The summed E-state index contributed by atoms with van der Waals surface area (Å²) in [6.45, 7) is 4.19. The lowest BCUT2D eigenvalue weighted by molar-refractivity contribution is -0.204. The molecule has 0 saturated heterocycles. The first-order chi connectivity index (χ1) is 15.1. The maximum Gasteiger partial charge on any atom is 0.322 e. The van der Waals surface area contributed by atoms with Crippen molar-refractivity contribution in [2.45, 2.75) is 96.4 Å². The minimum absolute atomic E-state index is 0.0752. The van der Waals surface area contributed by atoms with Crippen LogP contribution >= 0.6 is 0 Å². The van der Waals surface area contributed by atoms with Crippen LogP contribution in [0.15, 0.2) is 0 Å². The molecular weight excluding hydrogens is 410 g/mol. The predicted octanol–water partition coefficient (Wildman–Crippen LogP) is 2.32. The molecule has 0 aromatic rings. The number of hydrogen-bond donors (Lipinski definition) is 5. The summed E-state index contributed by atoms with van der Waals surface area (Å²) in [6, 6.07) is 0. The molecule has 32 heavy (non-hydrogen) atoms. The molecule has 182 valence electrons. The van der Waals surface area contributed by atoms with Crippen molar-refractivity contribution in [1.29, 1.82) is 0 Å². The first-order valence-electron chi connectivity index (χ1n) is 12.6. The Morgan fingerprint density at radius 1 is 1.00 bits per heavy atom. The van der Waals surface area contributed by atoms with Crippen molar-refractivity contribution in [3.8, 4) is 0 Å². The highest BCUT2D eigenvalue weighted by atomic mass is 16.4. The highest BCUT2D eigenvalue weighted by Crippen LogP contribution is 2.67. The number of carbonyl (C=O) groups excluding carboxylic acids is 1. The van der Waals surface area contributed by atoms with Crippen LogP contribution in [0, 0.1) is 40.4 Å². The third kappa shape index (κ3) is 3.98. The molecule has 0 aliphatic heterocycles. The Bertz CT molecular complexity index is 729. The molecule has 1 amide bonds. The third-order valence-corrected chi connectivity index (χ3v) is 10.3. The summed E-state index contributed by atoms with van der Waals surface area (Å²) in [7, 11) is 0. The third-order valence-electron chi connectivity index (χ3n) is 10.3. The zero-order chi connectivity index (χ0) is 23.3. The van der Waals surface area contributed by atoms with Gasteiger partial charge in [-0.25, -0.2) is 0 Å². The quantitative estimate of drug-likeness (QED) is 0.422. The van der Waals surface area contributed by atoms with Crippen LogP contribution in [0.2, 0.25) is 0 Å². The summed E-state index contributed by atoms with van der Waals surface area (Å²) in [6.07, 6.45) is 6.79. The van der Waals surface area contributed by atoms with Gasteiger partial charge >= 0.3 is 5.97 Å². The molecule has 0 bridgehead atoms. The van der Waals surface area contributed by atoms with Crippen LogP contribution in [0.5, 0.6) is 0 Å². The molecule has 4 saturated carbocycles. The maximum absolute atomic E-state index is 11.9. The van der Waals surface area contributed by atoms with Crippen LogP contribution < -0.4 is 5.32 Å². The van der Waals surface area contributed by atoms with Crippen molar-refractivity contribution >= 4 is 11.9 Å². The normalized spacial score (nSPS) is 47.8. The number of aliphatic carboxylic acids is 1. The molecule has 4 rings (SSSR count). The lowest BCUT2D eigenvalue weighted by Gasteiger charge is -2.63. The van der Waals surface area contributed by atoms with Crippen LogP contribution in [-0.2, 0) is 9.59 Å². The monoisotopic (exact) mass is 451 g/mol. The molecule has 0 heterocycles. The fourth-order valence-electron chi connectivity index (χ4n) is 8.54. The number of aliphatic hydroxyl groups excluding tert-OH is 3. The Kier molecular flexibility index (Phi) is 6.65. The number of fused-ring (bicyclic) bond motifs is 5. The predicted molar refractivity (Wildman–Crippen MR) is 118 cm³/mol. The molecule has 5 N–H and O–H groups in total. The van der Waals surface area contributed by atoms with Crippen molar-refractivity contribution < 1.29 is 30.0 Å². The summed E-state index contributed by atoms with van der Waals surface area (Å²) < 4.78 is 0. The minimum Gasteiger partial charge on any atom is -0.480 e. The zero-order valence-electron chi connectivity index (χ0n) is 19.5. The van der Waals surface area contributed by atoms with Gasteiger partial charge < -0.3 is 25.7 Å². The van der Waals surface area contributed by atoms with Gasteiger partial charge in [-0.15, -0.1) is 0 Å². The Labute approximate surface area is 191 Å². The van der Waals surface area contributed by atoms with Gasteiger partial charge in [-0.3, -0.25) is 9.59 Å². The molecule has 0 radical (unpaired) electrons. The number of nitrogens with one attached hydrogen (secondary N) is 1. The van der Waals surface area contributed by atoms with Crippen LogP contribution in [0.4, 0.5) is 0 Å². The van der Waals surface area contributed by atoms with E-state index in [0.29, 0.717) is 31.1 Å². The van der Waals surface area contributed by atoms with E-state index in [1.54, 1.807) is 0 Å². The molecule has 4 aliphatic rings. The van der Waals surface area contributed by atoms with E-state index < -0.39 is 12.1 Å². The van der Waals surface area contributed by atoms with Gasteiger partial charge in [0.25, 0.3) is 0 Å². The van der Waals surface area contributed by atoms with E-state index in [1.165, 1.54) is 0 Å². The summed E-state index contributed by atoms with van der Waals surface area (Å²) >= 11 is 0. The Hall–Kier alpha value is -1.18. The molecule has 0 unspecified atom stereocenters. The van der Waals surface area contributed by atoms with Gasteiger partial charge in [0.05, 0.1) is 18.3 Å². The SMILES string of the molecule is C[C@]12CC[C@@H](O)C[C@H]1C[C@@H](O)[C@@H]1[C@@H]2C[C@H](O)[C@]2(C)[C@@H](CCCC(=O)NCC(=O)O)CC[C@@H]12. The highest BCUT2D eigenvalue weighted by molar-refractivity contribution is 5.80. The molecule has 0 aromatic heterocycles. The Balaban J connectivity index is 1.45. The summed E-state index contributed by atoms with van der Waals surface area (Å²) in [5, 5.41) is 44.1. The van der Waals surface area contributed by atoms with Gasteiger partial charge in [0.2, 0.25) is 5.91 Å². The van der Waals surface area contributed by atoms with Crippen molar-refractivity contribution in [2.24, 2.45) is 40.4 Å². The first-order valence-corrected chi connectivity index (χ1v) is 12.6. The number of amides is 1. The Morgan fingerprint density at radius 3 is 2.47 bits per heavy atom. The zero-order valence-corrected chi connectivity index (χ0v) is 19.5. The molecular formula is C25H41NO6. The van der Waals surface area contributed by atoms with E-state index in [9.17, 15) is 24.9 Å². The number of rotatable bonds is 6. The number of aliphatic hydroxyl groups is 3. The fraction of sp³-hybridized carbons (Fsp3) is 0.920. The maximum atomic E-state index is 11.9. The molecule has 0 spiro atoms. The number of hydrogen-bond acceptors (Lipinski definition) is 5. The molecule has 0 aromatic carbocycles. The molecule has 7 nitrogen and oxygen atoms in total. The molecule has 10 atom stereocenters. The summed E-state index contributed by atoms with van der Waals surface area (Å²) in [4.78, 5) is 22.5. The Morgan fingerprint density at radius 2 is 1.75 bits per heavy atom. The average Bonchev–Trinajstić information content (AvgIpc) is 3.06. The van der Waals surface area contributed by atoms with Gasteiger partial charge in [0.1, 0.15) is 6.54 Å². The summed E-state index contributed by atoms with van der Waals surface area (Å²) in [5.74, 6) is 0.112. The van der Waals surface area contributed by atoms with Gasteiger partial charge in [0.15, 0.2) is 0 Å². The second-order valence-corrected chi connectivity index (χ2v) is 11.7. The van der Waals surface area contributed by atoms with E-state index in [4.69, 9.17) is 5.11 Å². The topological polar surface area (TPSA) is 127 Å². The van der Waals surface area contributed by atoms with Crippen LogP contribution in [0.25, 0.3) is 0 Å². The van der Waals surface area contributed by atoms with Gasteiger partial charge in [-0.05, 0) is 98.2 Å². The first kappa shape index (κ1) is 24.0. The van der Waals surface area contributed by atoms with E-state index >= 15 is 0 Å². The van der Waals surface area contributed by atoms with Gasteiger partial charge in [0, 0.05) is 6.42 Å². The lowest BCUT2D eigenvalue weighted by atomic mass is 9.43. The standard InChI is InChI=1S/C25H41NO6/c1-24-9-8-16(27)10-15(24)11-19(28)23-17-7-6-14(25(17,2)20(29)12-18(23)24)4-3-5-21(30)26-13-22(31)32/h14-20,23,27-29H,3-13H2,1-2H3,(H,26,30)(H,31,32)/t14-,15-,16+,17-,18-,19+,20-,23-,24-,25+/m0/s1. The summed E-state index contributed by atoms with van der Waals surface area (Å²) in [5.41, 5.74) is -0.178. The van der Waals surface area contributed by atoms with Crippen molar-refractivity contribution in [3.63, 3.8) is 0 Å². The van der Waals surface area contributed by atoms with Crippen molar-refractivity contribution in [1.82, 2.24) is 5.32 Å². The van der Waals surface area contributed by atoms with Crippen molar-refractivity contribution in [2.75, 3.05) is 6.54 Å². The minimum atomic E-state index is -1.04. The second kappa shape index (κ2) is 8.88. The smallest absolute Gasteiger partial charge is 0.322 e. The number of carbonyl (C=O) groups is 2. The molecule has 4 aliphatic carbocycles. The molecule has 7 heteroatoms. The van der Waals surface area contributed by atoms with E-state index in [0.717, 1.165) is 44.9 Å². The van der Waals surface area contributed by atoms with Gasteiger partial charge in [-0.1, -0.05) is 13.8 Å². The fourth-order valence-corrected chi connectivity index (χ4v) is 8.54. The molecule has 4 fully saturated rings. The van der Waals surface area contributed by atoms with Crippen LogP contribution in [0.1, 0.15) is 78.1 Å². The number of carboxylic acid groups (broad SMARTS) is 1. The van der Waals surface area contributed by atoms with Crippen LogP contribution in [0.3, 0.4) is 0 Å². The van der Waals surface area contributed by atoms with Crippen molar-refractivity contribution in [3.05, 3.63) is 0 Å². The van der Waals surface area contributed by atoms with E-state index in [1.807, 2.05) is 0 Å². The van der Waals surface area contributed by atoms with Crippen LogP contribution in [-0.4, -0.2) is 57.2 Å². The lowest BCUT2D eigenvalue weighted by Crippen LogP contribution is -2.62. The van der Waals surface area contributed by atoms with Gasteiger partial charge in [-0.2, -0.15) is 0 Å². The highest BCUT2D eigenvalue weighted by Gasteiger charge is 2.65. The average molecular weight is 452 g/mol. The van der Waals surface area contributed by atoms with E-state index in [2.05, 4.69) is 19.2 Å². The number of carboxylic acids is 1. The largest absolute Gasteiger partial charge is 0.480 e.